The Morgan fingerprint density at radius 3 is 2.67 bits per heavy atom. The minimum Gasteiger partial charge on any atom is -0.352 e. The van der Waals surface area contributed by atoms with Crippen molar-refractivity contribution >= 4 is 22.9 Å². The van der Waals surface area contributed by atoms with E-state index in [0.29, 0.717) is 18.9 Å². The lowest BCUT2D eigenvalue weighted by molar-refractivity contribution is -0.131. The summed E-state index contributed by atoms with van der Waals surface area (Å²) < 4.78 is 0. The minimum atomic E-state index is 0.205. The summed E-state index contributed by atoms with van der Waals surface area (Å²) in [6, 6.07) is 7.59. The Balaban J connectivity index is 1.53. The maximum absolute atomic E-state index is 12.0. The van der Waals surface area contributed by atoms with Crippen LogP contribution < -0.4 is 5.32 Å². The third-order valence-electron chi connectivity index (χ3n) is 3.69. The fourth-order valence-electron chi connectivity index (χ4n) is 2.54. The zero-order chi connectivity index (χ0) is 14.5. The van der Waals surface area contributed by atoms with Gasteiger partial charge in [0, 0.05) is 26.1 Å². The molecule has 1 fully saturated rings. The number of anilines is 1. The zero-order valence-electron chi connectivity index (χ0n) is 12.0. The molecule has 21 heavy (non-hydrogen) atoms. The number of carbonyl (C=O) groups excluding carboxylic acids is 1. The normalized spacial score (nSPS) is 15.1. The molecule has 0 spiro atoms. The zero-order valence-corrected chi connectivity index (χ0v) is 12.0. The maximum atomic E-state index is 12.0. The van der Waals surface area contributed by atoms with Gasteiger partial charge in [0.25, 0.3) is 0 Å². The second-order valence-corrected chi connectivity index (χ2v) is 5.24. The quantitative estimate of drug-likeness (QED) is 0.928. The summed E-state index contributed by atoms with van der Waals surface area (Å²) in [7, 11) is 0. The molecule has 0 atom stereocenters. The van der Waals surface area contributed by atoms with Crippen molar-refractivity contribution in [1.82, 2.24) is 20.1 Å². The number of amides is 1. The highest BCUT2D eigenvalue weighted by Gasteiger charge is 2.15. The fraction of sp³-hybridized carbons (Fsp3) is 0.467. The van der Waals surface area contributed by atoms with E-state index in [0.717, 1.165) is 37.0 Å². The van der Waals surface area contributed by atoms with E-state index in [1.807, 2.05) is 29.2 Å². The number of nitrogens with one attached hydrogen (secondary N) is 1. The monoisotopic (exact) mass is 285 g/mol. The number of carbonyl (C=O) groups is 1. The number of fused-ring (bicyclic) bond motifs is 1. The first-order valence-electron chi connectivity index (χ1n) is 7.44. The molecule has 0 aliphatic carbocycles. The van der Waals surface area contributed by atoms with Gasteiger partial charge in [-0.25, -0.2) is 4.98 Å². The lowest BCUT2D eigenvalue weighted by atomic mass is 10.1. The van der Waals surface area contributed by atoms with Crippen molar-refractivity contribution in [2.45, 2.75) is 25.7 Å². The highest BCUT2D eigenvalue weighted by molar-refractivity contribution is 5.77. The van der Waals surface area contributed by atoms with Crippen LogP contribution in [-0.2, 0) is 4.79 Å². The van der Waals surface area contributed by atoms with Gasteiger partial charge in [0.05, 0.1) is 5.52 Å². The van der Waals surface area contributed by atoms with Crippen LogP contribution in [0.2, 0.25) is 0 Å². The van der Waals surface area contributed by atoms with Crippen LogP contribution in [0.4, 0.5) is 5.95 Å². The third-order valence-corrected chi connectivity index (χ3v) is 3.69. The molecular weight excluding hydrogens is 266 g/mol. The van der Waals surface area contributed by atoms with Gasteiger partial charge in [-0.15, -0.1) is 10.2 Å². The van der Waals surface area contributed by atoms with Crippen LogP contribution in [0.15, 0.2) is 24.3 Å². The molecule has 0 unspecified atom stereocenters. The number of rotatable bonds is 4. The molecule has 0 bridgehead atoms. The predicted molar refractivity (Wildman–Crippen MR) is 80.9 cm³/mol. The summed E-state index contributed by atoms with van der Waals surface area (Å²) >= 11 is 0. The predicted octanol–water partition coefficient (Wildman–Crippen LogP) is 1.84. The Kier molecular flexibility index (Phi) is 4.23. The summed E-state index contributed by atoms with van der Waals surface area (Å²) in [5, 5.41) is 11.2. The molecule has 1 aromatic carbocycles. The Bertz CT molecular complexity index is 624. The van der Waals surface area contributed by atoms with Gasteiger partial charge in [0.15, 0.2) is 0 Å². The Labute approximate surface area is 123 Å². The SMILES string of the molecule is O=C(CCNc1nnc2ccccc2n1)N1CCCCC1. The van der Waals surface area contributed by atoms with Gasteiger partial charge in [-0.05, 0) is 31.4 Å². The van der Waals surface area contributed by atoms with Crippen LogP contribution in [0.3, 0.4) is 0 Å². The van der Waals surface area contributed by atoms with Gasteiger partial charge >= 0.3 is 0 Å². The van der Waals surface area contributed by atoms with Crippen LogP contribution in [0.25, 0.3) is 11.0 Å². The van der Waals surface area contributed by atoms with E-state index in [1.165, 1.54) is 6.42 Å². The molecule has 6 nitrogen and oxygen atoms in total. The number of likely N-dealkylation sites (tertiary alicyclic amines) is 1. The number of piperidine rings is 1. The van der Waals surface area contributed by atoms with Crippen molar-refractivity contribution in [2.75, 3.05) is 25.0 Å². The number of benzene rings is 1. The van der Waals surface area contributed by atoms with E-state index in [2.05, 4.69) is 20.5 Å². The molecule has 110 valence electrons. The number of para-hydroxylation sites is 1. The van der Waals surface area contributed by atoms with E-state index in [4.69, 9.17) is 0 Å². The highest BCUT2D eigenvalue weighted by atomic mass is 16.2. The Morgan fingerprint density at radius 2 is 1.86 bits per heavy atom. The first kappa shape index (κ1) is 13.7. The van der Waals surface area contributed by atoms with Crippen molar-refractivity contribution in [1.29, 1.82) is 0 Å². The molecule has 6 heteroatoms. The van der Waals surface area contributed by atoms with E-state index in [-0.39, 0.29) is 5.91 Å². The van der Waals surface area contributed by atoms with Crippen molar-refractivity contribution < 1.29 is 4.79 Å². The average molecular weight is 285 g/mol. The number of aromatic nitrogens is 3. The highest BCUT2D eigenvalue weighted by Crippen LogP contribution is 2.11. The molecule has 0 radical (unpaired) electrons. The van der Waals surface area contributed by atoms with Crippen molar-refractivity contribution in [3.8, 4) is 0 Å². The van der Waals surface area contributed by atoms with Crippen molar-refractivity contribution in [2.24, 2.45) is 0 Å². The van der Waals surface area contributed by atoms with Gasteiger partial charge in [-0.2, -0.15) is 0 Å². The molecule has 1 N–H and O–H groups in total. The van der Waals surface area contributed by atoms with Gasteiger partial charge < -0.3 is 10.2 Å². The molecule has 2 heterocycles. The minimum absolute atomic E-state index is 0.205. The van der Waals surface area contributed by atoms with Crippen LogP contribution in [0.5, 0.6) is 0 Å². The summed E-state index contributed by atoms with van der Waals surface area (Å²) in [6.07, 6.45) is 3.95. The molecule has 1 amide bonds. The Hall–Kier alpha value is -2.24. The lowest BCUT2D eigenvalue weighted by Crippen LogP contribution is -2.36. The smallest absolute Gasteiger partial charge is 0.243 e. The molecule has 1 saturated heterocycles. The fourth-order valence-corrected chi connectivity index (χ4v) is 2.54. The van der Waals surface area contributed by atoms with Gasteiger partial charge in [-0.3, -0.25) is 4.79 Å². The molecule has 0 saturated carbocycles. The first-order chi connectivity index (χ1) is 10.3. The van der Waals surface area contributed by atoms with Crippen LogP contribution in [0, 0.1) is 0 Å². The summed E-state index contributed by atoms with van der Waals surface area (Å²) in [4.78, 5) is 18.4. The summed E-state index contributed by atoms with van der Waals surface area (Å²) in [5.41, 5.74) is 1.57. The number of nitrogens with zero attached hydrogens (tertiary/aromatic N) is 4. The van der Waals surface area contributed by atoms with Crippen molar-refractivity contribution in [3.05, 3.63) is 24.3 Å². The number of hydrogen-bond donors (Lipinski definition) is 1. The molecule has 1 aliphatic rings. The lowest BCUT2D eigenvalue weighted by Gasteiger charge is -2.26. The second kappa shape index (κ2) is 6.47. The van der Waals surface area contributed by atoms with E-state index >= 15 is 0 Å². The summed E-state index contributed by atoms with van der Waals surface area (Å²) in [6.45, 7) is 2.33. The summed E-state index contributed by atoms with van der Waals surface area (Å²) in [5.74, 6) is 0.677. The third kappa shape index (κ3) is 3.45. The molecular formula is C15H19N5O. The van der Waals surface area contributed by atoms with Crippen LogP contribution >= 0.6 is 0 Å². The largest absolute Gasteiger partial charge is 0.352 e. The second-order valence-electron chi connectivity index (χ2n) is 5.24. The average Bonchev–Trinajstić information content (AvgIpc) is 2.55. The van der Waals surface area contributed by atoms with Gasteiger partial charge in [0.2, 0.25) is 11.9 Å². The standard InChI is InChI=1S/C15H19N5O/c21-14(20-10-4-1-5-11-20)8-9-16-15-17-12-6-2-3-7-13(12)18-19-15/h2-3,6-7H,1,4-5,8-11H2,(H,16,17,19). The van der Waals surface area contributed by atoms with E-state index in [9.17, 15) is 4.79 Å². The molecule has 2 aromatic rings. The molecule has 3 rings (SSSR count). The first-order valence-corrected chi connectivity index (χ1v) is 7.44. The van der Waals surface area contributed by atoms with Gasteiger partial charge in [-0.1, -0.05) is 12.1 Å². The van der Waals surface area contributed by atoms with Crippen molar-refractivity contribution in [3.63, 3.8) is 0 Å². The Morgan fingerprint density at radius 1 is 1.10 bits per heavy atom. The van der Waals surface area contributed by atoms with E-state index in [1.54, 1.807) is 0 Å². The maximum Gasteiger partial charge on any atom is 0.243 e. The van der Waals surface area contributed by atoms with Crippen LogP contribution in [-0.4, -0.2) is 45.6 Å². The van der Waals surface area contributed by atoms with Crippen LogP contribution in [0.1, 0.15) is 25.7 Å². The molecule has 1 aromatic heterocycles. The number of hydrogen-bond acceptors (Lipinski definition) is 5. The van der Waals surface area contributed by atoms with Gasteiger partial charge in [0.1, 0.15) is 5.52 Å². The molecule has 1 aliphatic heterocycles. The van der Waals surface area contributed by atoms with E-state index < -0.39 is 0 Å². The topological polar surface area (TPSA) is 71.0 Å².